The predicted molar refractivity (Wildman–Crippen MR) is 114 cm³/mol. The number of ether oxygens (including phenoxy) is 2. The van der Waals surface area contributed by atoms with E-state index in [0.29, 0.717) is 16.4 Å². The molecule has 0 saturated heterocycles. The summed E-state index contributed by atoms with van der Waals surface area (Å²) in [7, 11) is 1.83. The smallest absolute Gasteiger partial charge is 0.262 e. The summed E-state index contributed by atoms with van der Waals surface area (Å²) in [5, 5.41) is 9.61. The summed E-state index contributed by atoms with van der Waals surface area (Å²) in [6, 6.07) is 9.70. The number of amides is 1. The minimum atomic E-state index is -0.253. The number of rotatable bonds is 4. The second kappa shape index (κ2) is 7.03. The third kappa shape index (κ3) is 3.03. The number of carbonyl (C=O) groups excluding carboxylic acids is 1. The fraction of sp³-hybridized carbons (Fsp3) is 0.190. The van der Waals surface area contributed by atoms with Crippen LogP contribution in [0.3, 0.4) is 0 Å². The summed E-state index contributed by atoms with van der Waals surface area (Å²) >= 11 is 1.37. The van der Waals surface area contributed by atoms with Crippen molar-refractivity contribution in [1.82, 2.24) is 19.3 Å². The van der Waals surface area contributed by atoms with Crippen LogP contribution >= 0.6 is 11.3 Å². The van der Waals surface area contributed by atoms with E-state index in [9.17, 15) is 4.79 Å². The average Bonchev–Trinajstić information content (AvgIpc) is 3.50. The van der Waals surface area contributed by atoms with Gasteiger partial charge in [0.2, 0.25) is 6.79 Å². The van der Waals surface area contributed by atoms with Crippen molar-refractivity contribution in [3.05, 3.63) is 58.9 Å². The Hall–Kier alpha value is -3.59. The number of nitrogens with one attached hydrogen (secondary N) is 1. The van der Waals surface area contributed by atoms with Gasteiger partial charge in [0.15, 0.2) is 16.6 Å². The molecule has 1 aliphatic heterocycles. The summed E-state index contributed by atoms with van der Waals surface area (Å²) < 4.78 is 14.5. The zero-order valence-corrected chi connectivity index (χ0v) is 17.5. The van der Waals surface area contributed by atoms with E-state index < -0.39 is 0 Å². The third-order valence-corrected chi connectivity index (χ3v) is 5.79. The first-order chi connectivity index (χ1) is 14.5. The summed E-state index contributed by atoms with van der Waals surface area (Å²) in [5.74, 6) is 1.89. The SMILES string of the molecule is Cc1ccc(C)n1-c1c(C(=O)Nc2nc(-c3ccc4c(c3)OCO4)cs2)cnn1C. The predicted octanol–water partition coefficient (Wildman–Crippen LogP) is 3.93. The quantitative estimate of drug-likeness (QED) is 0.540. The van der Waals surface area contributed by atoms with Crippen molar-refractivity contribution in [3.63, 3.8) is 0 Å². The normalized spacial score (nSPS) is 12.4. The Bertz CT molecular complexity index is 1250. The van der Waals surface area contributed by atoms with Crippen molar-refractivity contribution >= 4 is 22.4 Å². The molecule has 152 valence electrons. The lowest BCUT2D eigenvalue weighted by Crippen LogP contribution is -2.16. The number of hydrogen-bond donors (Lipinski definition) is 1. The number of anilines is 1. The number of benzene rings is 1. The number of aromatic nitrogens is 4. The van der Waals surface area contributed by atoms with Crippen LogP contribution in [-0.4, -0.2) is 32.0 Å². The maximum Gasteiger partial charge on any atom is 0.262 e. The van der Waals surface area contributed by atoms with Gasteiger partial charge in [-0.05, 0) is 44.2 Å². The van der Waals surface area contributed by atoms with Crippen LogP contribution in [0, 0.1) is 13.8 Å². The first-order valence-corrected chi connectivity index (χ1v) is 10.2. The van der Waals surface area contributed by atoms with E-state index in [1.54, 1.807) is 10.9 Å². The van der Waals surface area contributed by atoms with Gasteiger partial charge in [0.05, 0.1) is 11.9 Å². The zero-order valence-electron chi connectivity index (χ0n) is 16.7. The van der Waals surface area contributed by atoms with Crippen LogP contribution in [-0.2, 0) is 7.05 Å². The Morgan fingerprint density at radius 1 is 1.13 bits per heavy atom. The standard InChI is InChI=1S/C21H19N5O3S/c1-12-4-5-13(2)26(12)20-15(9-22-25(20)3)19(27)24-21-23-16(10-30-21)14-6-7-17-18(8-14)29-11-28-17/h4-10H,11H2,1-3H3,(H,23,24,27). The molecule has 1 N–H and O–H groups in total. The number of nitrogens with zero attached hydrogens (tertiary/aromatic N) is 4. The van der Waals surface area contributed by atoms with Crippen LogP contribution in [0.5, 0.6) is 11.5 Å². The number of fused-ring (bicyclic) bond motifs is 1. The molecule has 30 heavy (non-hydrogen) atoms. The van der Waals surface area contributed by atoms with E-state index >= 15 is 0 Å². The molecule has 5 rings (SSSR count). The molecular formula is C21H19N5O3S. The van der Waals surface area contributed by atoms with E-state index in [4.69, 9.17) is 9.47 Å². The van der Waals surface area contributed by atoms with Gasteiger partial charge in [0, 0.05) is 29.4 Å². The van der Waals surface area contributed by atoms with Gasteiger partial charge in [-0.25, -0.2) is 4.98 Å². The van der Waals surface area contributed by atoms with Crippen LogP contribution in [0.25, 0.3) is 17.1 Å². The van der Waals surface area contributed by atoms with Crippen LogP contribution in [0.15, 0.2) is 41.9 Å². The highest BCUT2D eigenvalue weighted by Crippen LogP contribution is 2.36. The van der Waals surface area contributed by atoms with Crippen molar-refractivity contribution in [1.29, 1.82) is 0 Å². The summed E-state index contributed by atoms with van der Waals surface area (Å²) in [6.45, 7) is 4.23. The van der Waals surface area contributed by atoms with Crippen molar-refractivity contribution in [2.24, 2.45) is 7.05 Å². The Balaban J connectivity index is 1.41. The molecular weight excluding hydrogens is 402 g/mol. The minimum Gasteiger partial charge on any atom is -0.454 e. The van der Waals surface area contributed by atoms with Crippen molar-refractivity contribution in [3.8, 4) is 28.6 Å². The summed E-state index contributed by atoms with van der Waals surface area (Å²) in [6.07, 6.45) is 1.58. The lowest BCUT2D eigenvalue weighted by molar-refractivity contribution is 0.102. The monoisotopic (exact) mass is 421 g/mol. The fourth-order valence-electron chi connectivity index (χ4n) is 3.54. The highest BCUT2D eigenvalue weighted by molar-refractivity contribution is 7.14. The molecule has 4 aromatic rings. The van der Waals surface area contributed by atoms with E-state index in [1.165, 1.54) is 11.3 Å². The number of thiazole rings is 1. The molecule has 9 heteroatoms. The van der Waals surface area contributed by atoms with E-state index in [0.717, 1.165) is 34.2 Å². The second-order valence-electron chi connectivity index (χ2n) is 7.02. The molecule has 0 spiro atoms. The van der Waals surface area contributed by atoms with Gasteiger partial charge < -0.3 is 14.0 Å². The van der Waals surface area contributed by atoms with Crippen LogP contribution in [0.4, 0.5) is 5.13 Å². The number of aryl methyl sites for hydroxylation is 3. The average molecular weight is 421 g/mol. The molecule has 1 amide bonds. The van der Waals surface area contributed by atoms with Gasteiger partial charge in [0.25, 0.3) is 5.91 Å². The van der Waals surface area contributed by atoms with E-state index in [2.05, 4.69) is 15.4 Å². The molecule has 0 aliphatic carbocycles. The third-order valence-electron chi connectivity index (χ3n) is 5.03. The van der Waals surface area contributed by atoms with Crippen molar-refractivity contribution in [2.75, 3.05) is 12.1 Å². The fourth-order valence-corrected chi connectivity index (χ4v) is 4.26. The molecule has 0 radical (unpaired) electrons. The first kappa shape index (κ1) is 18.4. The van der Waals surface area contributed by atoms with Gasteiger partial charge >= 0.3 is 0 Å². The van der Waals surface area contributed by atoms with Crippen LogP contribution < -0.4 is 14.8 Å². The van der Waals surface area contributed by atoms with Gasteiger partial charge in [-0.15, -0.1) is 11.3 Å². The highest BCUT2D eigenvalue weighted by atomic mass is 32.1. The summed E-state index contributed by atoms with van der Waals surface area (Å²) in [4.78, 5) is 17.6. The van der Waals surface area contributed by atoms with Crippen molar-refractivity contribution in [2.45, 2.75) is 13.8 Å². The van der Waals surface area contributed by atoms with Crippen molar-refractivity contribution < 1.29 is 14.3 Å². The topological polar surface area (TPSA) is 83.2 Å². The van der Waals surface area contributed by atoms with Gasteiger partial charge in [0.1, 0.15) is 11.4 Å². The van der Waals surface area contributed by atoms with E-state index in [1.807, 2.05) is 61.2 Å². The molecule has 3 aromatic heterocycles. The largest absolute Gasteiger partial charge is 0.454 e. The highest BCUT2D eigenvalue weighted by Gasteiger charge is 2.21. The van der Waals surface area contributed by atoms with Gasteiger partial charge in [-0.3, -0.25) is 14.8 Å². The van der Waals surface area contributed by atoms with Gasteiger partial charge in [-0.2, -0.15) is 5.10 Å². The van der Waals surface area contributed by atoms with Crippen LogP contribution in [0.2, 0.25) is 0 Å². The molecule has 0 fully saturated rings. The zero-order chi connectivity index (χ0) is 20.8. The lowest BCUT2D eigenvalue weighted by Gasteiger charge is -2.12. The minimum absolute atomic E-state index is 0.227. The number of hydrogen-bond acceptors (Lipinski definition) is 6. The summed E-state index contributed by atoms with van der Waals surface area (Å²) in [5.41, 5.74) is 4.21. The molecule has 0 atom stereocenters. The maximum absolute atomic E-state index is 13.0. The maximum atomic E-state index is 13.0. The molecule has 4 heterocycles. The Morgan fingerprint density at radius 2 is 1.90 bits per heavy atom. The molecule has 1 aliphatic rings. The molecule has 0 unspecified atom stereocenters. The lowest BCUT2D eigenvalue weighted by atomic mass is 10.1. The molecule has 8 nitrogen and oxygen atoms in total. The number of carbonyl (C=O) groups is 1. The Kier molecular flexibility index (Phi) is 4.32. The molecule has 1 aromatic carbocycles. The molecule has 0 bridgehead atoms. The van der Waals surface area contributed by atoms with E-state index in [-0.39, 0.29) is 12.7 Å². The second-order valence-corrected chi connectivity index (χ2v) is 7.88. The Morgan fingerprint density at radius 3 is 2.70 bits per heavy atom. The van der Waals surface area contributed by atoms with Crippen LogP contribution in [0.1, 0.15) is 21.7 Å². The van der Waals surface area contributed by atoms with Gasteiger partial charge in [-0.1, -0.05) is 0 Å². The molecule has 0 saturated carbocycles. The first-order valence-electron chi connectivity index (χ1n) is 9.35. The Labute approximate surface area is 176 Å².